The van der Waals surface area contributed by atoms with Crippen LogP contribution in [0.4, 0.5) is 19.2 Å². The van der Waals surface area contributed by atoms with Gasteiger partial charge in [-0.2, -0.15) is 0 Å². The molecule has 0 aliphatic heterocycles. The molecule has 0 heterocycles. The number of hydrogen-bond donors (Lipinski definition) is 10. The van der Waals surface area contributed by atoms with E-state index >= 15 is 0 Å². The van der Waals surface area contributed by atoms with Crippen LogP contribution in [0.15, 0.2) is 259 Å². The van der Waals surface area contributed by atoms with E-state index < -0.39 is 144 Å². The van der Waals surface area contributed by atoms with Gasteiger partial charge in [0.15, 0.2) is 47.5 Å². The quantitative estimate of drug-likeness (QED) is 0.00906. The minimum atomic E-state index is -1.22. The van der Waals surface area contributed by atoms with Crippen LogP contribution < -0.4 is 112 Å². The van der Waals surface area contributed by atoms with Crippen molar-refractivity contribution in [2.24, 2.45) is 21.7 Å². The summed E-state index contributed by atoms with van der Waals surface area (Å²) in [6.45, 7) is 37.2. The molecule has 10 N–H and O–H groups in total. The Balaban J connectivity index is 0.00000140. The monoisotopic (exact) mass is 1980 g/mol. The van der Waals surface area contributed by atoms with E-state index in [9.17, 15) is 86.9 Å². The summed E-state index contributed by atoms with van der Waals surface area (Å²) in [6.07, 6.45) is 52.3. The number of allylic oxidation sites excluding steroid dienone is 40. The molecule has 4 atom stereocenters. The number of rotatable bonds is 48. The molecular weight excluding hydrogens is 1840 g/mol. The SMILES string of the molecule is CC(C=CC=C(C)C=CC1=C(C)C(=O)C(OC(=O)CNC(=O)NCCCC(=O)[O-])CC1(C)C)=CC=CC=C(C)C=CC=C(C)C=CC1=C(C)C(=O)C(OC(=O)CNC(=O)NCCCC(=O)O)CC1(C)C.CC(C=CC=C(C)C=CC1=C(C)C(=O)C(OC(=O)CNC(=O)NCCCC(=O)[O-])CC1(C)C)=CC=CC=C(C)C=CC=C(C)C=CC1=C(C)C(=O)C(OC(=O)CNC(=O)NCCCC(=O)O)CC1(C)C.[Na+].[Na+]. The molecule has 0 saturated heterocycles. The molecule has 0 fully saturated rings. The fourth-order valence-electron chi connectivity index (χ4n) is 14.9. The predicted octanol–water partition coefficient (Wildman–Crippen LogP) is 8.01. The minimum absolute atomic E-state index is 0. The average Bonchev–Trinajstić information content (AvgIpc) is 0.795. The fourth-order valence-corrected chi connectivity index (χ4v) is 14.9. The number of esters is 4. The normalized spacial score (nSPS) is 18.9. The summed E-state index contributed by atoms with van der Waals surface area (Å²) in [5, 5.41) is 57.6. The Hall–Kier alpha value is -12.2. The first kappa shape index (κ1) is 128. The number of ether oxygens (including phenoxy) is 4. The van der Waals surface area contributed by atoms with Gasteiger partial charge >= 0.3 is 119 Å². The Morgan fingerprint density at radius 2 is 0.472 bits per heavy atom. The first-order valence-electron chi connectivity index (χ1n) is 46.5. The van der Waals surface area contributed by atoms with E-state index in [1.807, 2.05) is 281 Å². The Morgan fingerprint density at radius 3 is 0.655 bits per heavy atom. The van der Waals surface area contributed by atoms with E-state index in [4.69, 9.17) is 29.2 Å². The molecule has 32 nitrogen and oxygen atoms in total. The van der Waals surface area contributed by atoms with Crippen LogP contribution in [-0.4, -0.2) is 182 Å². The van der Waals surface area contributed by atoms with Crippen LogP contribution in [0.25, 0.3) is 0 Å². The van der Waals surface area contributed by atoms with Gasteiger partial charge in [-0.05, 0) is 188 Å². The maximum atomic E-state index is 13.2. The van der Waals surface area contributed by atoms with Crippen molar-refractivity contribution in [3.8, 4) is 0 Å². The van der Waals surface area contributed by atoms with Gasteiger partial charge in [0.1, 0.15) is 26.2 Å². The molecule has 0 bridgehead atoms. The summed E-state index contributed by atoms with van der Waals surface area (Å²) in [5.74, 6) is -8.57. The zero-order valence-corrected chi connectivity index (χ0v) is 90.5. The van der Waals surface area contributed by atoms with Crippen LogP contribution in [0.5, 0.6) is 0 Å². The first-order chi connectivity index (χ1) is 65.6. The van der Waals surface area contributed by atoms with Gasteiger partial charge in [-0.25, -0.2) is 19.2 Å². The number of carbonyl (C=O) groups excluding carboxylic acids is 14. The molecule has 142 heavy (non-hydrogen) atoms. The number of ketones is 4. The van der Waals surface area contributed by atoms with Gasteiger partial charge < -0.3 is 91.5 Å². The van der Waals surface area contributed by atoms with Crippen LogP contribution >= 0.6 is 0 Å². The Bertz CT molecular complexity index is 4670. The molecule has 4 rings (SSSR count). The summed E-state index contributed by atoms with van der Waals surface area (Å²) in [6, 6.07) is -2.58. The molecule has 0 aromatic rings. The second kappa shape index (κ2) is 65.1. The van der Waals surface area contributed by atoms with Crippen molar-refractivity contribution >= 4 is 95.0 Å². The molecule has 4 aliphatic rings. The molecule has 0 saturated carbocycles. The third kappa shape index (κ3) is 50.5. The number of nitrogens with one attached hydrogen (secondary N) is 8. The number of amides is 8. The topological polar surface area (TPSA) is 493 Å². The number of carboxylic acids is 4. The molecule has 0 aromatic heterocycles. The van der Waals surface area contributed by atoms with E-state index in [1.54, 1.807) is 27.7 Å². The summed E-state index contributed by atoms with van der Waals surface area (Å²) in [5.41, 5.74) is 11.4. The van der Waals surface area contributed by atoms with Gasteiger partial charge in [-0.15, -0.1) is 0 Å². The van der Waals surface area contributed by atoms with Crippen molar-refractivity contribution in [1.82, 2.24) is 42.5 Å². The number of carboxylic acid groups (broad SMARTS) is 4. The zero-order chi connectivity index (χ0) is 105. The Kier molecular flexibility index (Phi) is 58.6. The molecular formula is C108H142N8Na2O24. The third-order valence-corrected chi connectivity index (χ3v) is 22.6. The second-order valence-electron chi connectivity index (χ2n) is 37.1. The van der Waals surface area contributed by atoms with E-state index in [0.29, 0.717) is 22.3 Å². The average molecular weight is 1980 g/mol. The summed E-state index contributed by atoms with van der Waals surface area (Å²) in [4.78, 5) is 192. The van der Waals surface area contributed by atoms with Gasteiger partial charge in [0.2, 0.25) is 0 Å². The largest absolute Gasteiger partial charge is 1.00 e. The standard InChI is InChI=1S/2C54H72N4O12.2Na/c2*1-35(19-13-21-37(3)25-27-41-39(5)49(65)43(31-53(41,7)8)69-47(63)33-57-51(67)55-29-15-23-45(59)60)17-11-12-18-36(2)20-14-22-38(4)26-28-42-40(6)50(66)44(32-54(42,9)10)70-48(64)34-58-52(68)56-30-16-24-46(61)62;;/h2*11-14,17-22,25-28,43-44H,15-16,23-24,29-34H2,1-10H3,(H,59,60)(H,61,62)(H2,55,57,67)(H2,56,58,68);;/q;;2*+1/p-2. The predicted molar refractivity (Wildman–Crippen MR) is 533 cm³/mol. The zero-order valence-electron chi connectivity index (χ0n) is 86.5. The molecule has 4 unspecified atom stereocenters. The number of aliphatic carboxylic acids is 4. The minimum Gasteiger partial charge on any atom is -0.550 e. The van der Waals surface area contributed by atoms with Crippen LogP contribution in [0.2, 0.25) is 0 Å². The molecule has 0 spiro atoms. The number of carbonyl (C=O) groups is 16. The molecule has 4 aliphatic carbocycles. The molecule has 0 aromatic carbocycles. The van der Waals surface area contributed by atoms with E-state index in [2.05, 4.69) is 42.5 Å². The first-order valence-corrected chi connectivity index (χ1v) is 46.5. The summed E-state index contributed by atoms with van der Waals surface area (Å²) >= 11 is 0. The van der Waals surface area contributed by atoms with Crippen molar-refractivity contribution in [1.29, 1.82) is 0 Å². The van der Waals surface area contributed by atoms with Gasteiger partial charge in [-0.3, -0.25) is 47.9 Å². The Labute approximate surface area is 879 Å². The maximum absolute atomic E-state index is 13.2. The number of hydrogen-bond acceptors (Lipinski definition) is 22. The van der Waals surface area contributed by atoms with E-state index in [1.165, 1.54) is 0 Å². The van der Waals surface area contributed by atoms with Gasteiger partial charge in [-0.1, -0.05) is 270 Å². The maximum Gasteiger partial charge on any atom is 1.00 e. The van der Waals surface area contributed by atoms with Crippen LogP contribution in [0.3, 0.4) is 0 Å². The fraction of sp³-hybridized carbons (Fsp3) is 0.444. The molecule has 34 heteroatoms. The van der Waals surface area contributed by atoms with E-state index in [-0.39, 0.29) is 185 Å². The number of urea groups is 4. The number of Topliss-reactive ketones (excluding diaryl/α,β-unsaturated/α-hetero) is 4. The van der Waals surface area contributed by atoms with Crippen molar-refractivity contribution < 1.29 is 175 Å². The summed E-state index contributed by atoms with van der Waals surface area (Å²) in [7, 11) is 0. The van der Waals surface area contributed by atoms with Gasteiger partial charge in [0, 0.05) is 76.6 Å². The van der Waals surface area contributed by atoms with Crippen molar-refractivity contribution in [3.63, 3.8) is 0 Å². The van der Waals surface area contributed by atoms with Crippen molar-refractivity contribution in [3.05, 3.63) is 259 Å². The van der Waals surface area contributed by atoms with Gasteiger partial charge in [0.25, 0.3) is 0 Å². The van der Waals surface area contributed by atoms with Crippen molar-refractivity contribution in [2.45, 2.75) is 240 Å². The van der Waals surface area contributed by atoms with Crippen molar-refractivity contribution in [2.75, 3.05) is 52.4 Å². The van der Waals surface area contributed by atoms with E-state index in [0.717, 1.165) is 66.9 Å². The third-order valence-electron chi connectivity index (χ3n) is 22.6. The van der Waals surface area contributed by atoms with Crippen LogP contribution in [0.1, 0.15) is 216 Å². The molecule has 0 radical (unpaired) electrons. The summed E-state index contributed by atoms with van der Waals surface area (Å²) < 4.78 is 21.8. The molecule has 760 valence electrons. The molecule has 8 amide bonds. The van der Waals surface area contributed by atoms with Gasteiger partial charge in [0.05, 0.1) is 0 Å². The van der Waals surface area contributed by atoms with Crippen LogP contribution in [-0.2, 0) is 76.5 Å². The second-order valence-corrected chi connectivity index (χ2v) is 37.1. The smallest absolute Gasteiger partial charge is 0.550 e. The Morgan fingerprint density at radius 1 is 0.296 bits per heavy atom. The van der Waals surface area contributed by atoms with Crippen LogP contribution in [0, 0.1) is 21.7 Å².